The Balaban J connectivity index is 0.00000341. The van der Waals surface area contributed by atoms with Crippen molar-refractivity contribution in [1.29, 1.82) is 0 Å². The molecular formula is C20H26IN5O4S. The molecule has 11 heteroatoms. The minimum Gasteiger partial charge on any atom is -0.378 e. The van der Waals surface area contributed by atoms with Crippen LogP contribution in [0.4, 0.5) is 11.4 Å². The summed E-state index contributed by atoms with van der Waals surface area (Å²) in [5, 5.41) is 17.6. The number of nitrogens with zero attached hydrogens (tertiary/aromatic N) is 3. The lowest BCUT2D eigenvalue weighted by Gasteiger charge is -2.31. The smallest absolute Gasteiger partial charge is 0.293 e. The highest BCUT2D eigenvalue weighted by molar-refractivity contribution is 14.0. The Bertz CT molecular complexity index is 1070. The monoisotopic (exact) mass is 559 g/mol. The molecule has 0 fully saturated rings. The summed E-state index contributed by atoms with van der Waals surface area (Å²) in [4.78, 5) is 17.2. The lowest BCUT2D eigenvalue weighted by Crippen LogP contribution is -2.45. The van der Waals surface area contributed by atoms with Crippen molar-refractivity contribution in [2.75, 3.05) is 38.3 Å². The quantitative estimate of drug-likeness (QED) is 0.140. The Labute approximate surface area is 199 Å². The van der Waals surface area contributed by atoms with Crippen LogP contribution in [0.25, 0.3) is 0 Å². The normalized spacial score (nSPS) is 13.7. The molecule has 0 radical (unpaired) electrons. The zero-order valence-electron chi connectivity index (χ0n) is 17.4. The van der Waals surface area contributed by atoms with E-state index in [1.807, 2.05) is 6.07 Å². The van der Waals surface area contributed by atoms with E-state index in [1.54, 1.807) is 7.05 Å². The Morgan fingerprint density at radius 1 is 1.19 bits per heavy atom. The predicted molar refractivity (Wildman–Crippen MR) is 132 cm³/mol. The van der Waals surface area contributed by atoms with Crippen molar-refractivity contribution in [2.24, 2.45) is 4.99 Å². The second kappa shape index (κ2) is 10.8. The number of aliphatic imine (C=N–C) groups is 1. The molecule has 0 unspecified atom stereocenters. The highest BCUT2D eigenvalue weighted by atomic mass is 127. The lowest BCUT2D eigenvalue weighted by atomic mass is 10.0. The van der Waals surface area contributed by atoms with Crippen molar-refractivity contribution in [3.05, 3.63) is 63.7 Å². The molecular weight excluding hydrogens is 533 g/mol. The summed E-state index contributed by atoms with van der Waals surface area (Å²) < 4.78 is 23.3. The number of nitrogens with one attached hydrogen (secondary N) is 2. The van der Waals surface area contributed by atoms with Crippen LogP contribution in [-0.4, -0.2) is 57.1 Å². The molecule has 9 nitrogen and oxygen atoms in total. The van der Waals surface area contributed by atoms with E-state index < -0.39 is 14.8 Å². The van der Waals surface area contributed by atoms with Crippen LogP contribution in [0, 0.1) is 10.1 Å². The number of nitro groups is 1. The second-order valence-corrected chi connectivity index (χ2v) is 9.06. The van der Waals surface area contributed by atoms with E-state index in [0.29, 0.717) is 13.1 Å². The summed E-state index contributed by atoms with van der Waals surface area (Å²) in [6, 6.07) is 12.2. The van der Waals surface area contributed by atoms with Crippen molar-refractivity contribution < 1.29 is 13.3 Å². The van der Waals surface area contributed by atoms with Crippen LogP contribution in [-0.2, 0) is 22.8 Å². The molecule has 31 heavy (non-hydrogen) atoms. The van der Waals surface area contributed by atoms with Gasteiger partial charge in [0, 0.05) is 45.5 Å². The molecule has 1 aliphatic heterocycles. The fourth-order valence-corrected chi connectivity index (χ4v) is 4.06. The molecule has 1 heterocycles. The number of hydrogen-bond acceptors (Lipinski definition) is 6. The number of rotatable bonds is 6. The van der Waals surface area contributed by atoms with Crippen LogP contribution in [0.15, 0.2) is 52.4 Å². The average molecular weight is 559 g/mol. The SMILES string of the molecule is CN=C(NCCNc1ccc(S(C)(=O)=O)cc1[N+](=O)[O-])N1CCc2ccccc2C1.I. The van der Waals surface area contributed by atoms with Gasteiger partial charge in [0.2, 0.25) is 0 Å². The lowest BCUT2D eigenvalue weighted by molar-refractivity contribution is -0.384. The fourth-order valence-electron chi connectivity index (χ4n) is 3.42. The third kappa shape index (κ3) is 6.29. The van der Waals surface area contributed by atoms with Gasteiger partial charge in [-0.05, 0) is 29.7 Å². The summed E-state index contributed by atoms with van der Waals surface area (Å²) in [6.45, 7) is 2.54. The second-order valence-electron chi connectivity index (χ2n) is 7.05. The zero-order chi connectivity index (χ0) is 21.7. The summed E-state index contributed by atoms with van der Waals surface area (Å²) in [7, 11) is -1.79. The van der Waals surface area contributed by atoms with Gasteiger partial charge in [-0.1, -0.05) is 24.3 Å². The standard InChI is InChI=1S/C20H25N5O4S.HI/c1-21-20(24-12-9-15-5-3-4-6-16(15)14-24)23-11-10-22-18-8-7-17(30(2,28)29)13-19(18)25(26)27;/h3-8,13,22H,9-12,14H2,1-2H3,(H,21,23);1H. The number of fused-ring (bicyclic) bond motifs is 1. The van der Waals surface area contributed by atoms with Gasteiger partial charge >= 0.3 is 0 Å². The minimum atomic E-state index is -3.51. The van der Waals surface area contributed by atoms with Gasteiger partial charge in [-0.25, -0.2) is 8.42 Å². The van der Waals surface area contributed by atoms with Crippen LogP contribution in [0.2, 0.25) is 0 Å². The average Bonchev–Trinajstić information content (AvgIpc) is 2.72. The molecule has 0 saturated carbocycles. The first-order valence-corrected chi connectivity index (χ1v) is 11.4. The number of hydrogen-bond donors (Lipinski definition) is 2. The first kappa shape index (κ1) is 24.9. The van der Waals surface area contributed by atoms with Crippen molar-refractivity contribution in [3.63, 3.8) is 0 Å². The molecule has 1 aliphatic rings. The molecule has 2 N–H and O–H groups in total. The fraction of sp³-hybridized carbons (Fsp3) is 0.350. The Hall–Kier alpha value is -2.41. The van der Waals surface area contributed by atoms with Gasteiger partial charge in [0.05, 0.1) is 9.82 Å². The highest BCUT2D eigenvalue weighted by Gasteiger charge is 2.20. The minimum absolute atomic E-state index is 0. The maximum atomic E-state index is 11.6. The van der Waals surface area contributed by atoms with Gasteiger partial charge in [0.25, 0.3) is 5.69 Å². The Kier molecular flexibility index (Phi) is 8.62. The third-order valence-corrected chi connectivity index (χ3v) is 6.07. The molecule has 0 aliphatic carbocycles. The van der Waals surface area contributed by atoms with Crippen molar-refractivity contribution in [3.8, 4) is 0 Å². The molecule has 2 aromatic carbocycles. The maximum absolute atomic E-state index is 11.6. The third-order valence-electron chi connectivity index (χ3n) is 4.96. The molecule has 0 spiro atoms. The van der Waals surface area contributed by atoms with E-state index in [0.717, 1.165) is 37.8 Å². The van der Waals surface area contributed by atoms with Crippen LogP contribution in [0.1, 0.15) is 11.1 Å². The summed E-state index contributed by atoms with van der Waals surface area (Å²) in [6.07, 6.45) is 1.97. The molecule has 0 aromatic heterocycles. The zero-order valence-corrected chi connectivity index (χ0v) is 20.5. The largest absolute Gasteiger partial charge is 0.378 e. The van der Waals surface area contributed by atoms with E-state index in [1.165, 1.54) is 23.3 Å². The van der Waals surface area contributed by atoms with Crippen molar-refractivity contribution in [1.82, 2.24) is 10.2 Å². The first-order valence-electron chi connectivity index (χ1n) is 9.54. The van der Waals surface area contributed by atoms with E-state index in [-0.39, 0.29) is 40.2 Å². The summed E-state index contributed by atoms with van der Waals surface area (Å²) in [5.41, 5.74) is 2.65. The number of anilines is 1. The van der Waals surface area contributed by atoms with Gasteiger partial charge < -0.3 is 15.5 Å². The number of guanidine groups is 1. The number of benzene rings is 2. The predicted octanol–water partition coefficient (Wildman–Crippen LogP) is 2.66. The molecule has 0 atom stereocenters. The molecule has 0 bridgehead atoms. The molecule has 0 saturated heterocycles. The first-order chi connectivity index (χ1) is 14.3. The van der Waals surface area contributed by atoms with Crippen LogP contribution in [0.3, 0.4) is 0 Å². The molecule has 3 rings (SSSR count). The van der Waals surface area contributed by atoms with Gasteiger partial charge in [-0.15, -0.1) is 24.0 Å². The topological polar surface area (TPSA) is 117 Å². The van der Waals surface area contributed by atoms with Gasteiger partial charge in [0.1, 0.15) is 5.69 Å². The van der Waals surface area contributed by atoms with Crippen LogP contribution in [0.5, 0.6) is 0 Å². The van der Waals surface area contributed by atoms with Gasteiger partial charge in [-0.2, -0.15) is 0 Å². The van der Waals surface area contributed by atoms with E-state index in [9.17, 15) is 18.5 Å². The van der Waals surface area contributed by atoms with Crippen molar-refractivity contribution >= 4 is 51.1 Å². The maximum Gasteiger partial charge on any atom is 0.293 e. The summed E-state index contributed by atoms with van der Waals surface area (Å²) >= 11 is 0. The molecule has 168 valence electrons. The van der Waals surface area contributed by atoms with Gasteiger partial charge in [0.15, 0.2) is 15.8 Å². The van der Waals surface area contributed by atoms with Crippen molar-refractivity contribution in [2.45, 2.75) is 17.9 Å². The van der Waals surface area contributed by atoms with Crippen LogP contribution < -0.4 is 10.6 Å². The Morgan fingerprint density at radius 3 is 2.55 bits per heavy atom. The van der Waals surface area contributed by atoms with Gasteiger partial charge in [-0.3, -0.25) is 15.1 Å². The van der Waals surface area contributed by atoms with E-state index in [4.69, 9.17) is 0 Å². The van der Waals surface area contributed by atoms with Crippen LogP contribution >= 0.6 is 24.0 Å². The number of halogens is 1. The van der Waals surface area contributed by atoms with E-state index >= 15 is 0 Å². The number of nitro benzene ring substituents is 1. The molecule has 0 amide bonds. The molecule has 2 aromatic rings. The number of sulfone groups is 1. The van der Waals surface area contributed by atoms with E-state index in [2.05, 4.69) is 38.7 Å². The summed E-state index contributed by atoms with van der Waals surface area (Å²) in [5.74, 6) is 0.772. The Morgan fingerprint density at radius 2 is 1.90 bits per heavy atom. The highest BCUT2D eigenvalue weighted by Crippen LogP contribution is 2.27.